The molecule has 0 bridgehead atoms. The van der Waals surface area contributed by atoms with E-state index in [9.17, 15) is 34.8 Å². The van der Waals surface area contributed by atoms with E-state index in [1.807, 2.05) is 0 Å². The van der Waals surface area contributed by atoms with Gasteiger partial charge in [-0.2, -0.15) is 0 Å². The number of unbranched alkanes of at least 4 members (excludes halogenated alkanes) is 2. The van der Waals surface area contributed by atoms with Gasteiger partial charge in [-0.3, -0.25) is 14.4 Å². The molecule has 396 valence electrons. The van der Waals surface area contributed by atoms with Crippen LogP contribution in [0.25, 0.3) is 10.4 Å². The minimum atomic E-state index is -0.954. The van der Waals surface area contributed by atoms with Gasteiger partial charge in [0.2, 0.25) is 17.7 Å². The number of nitrogens with zero attached hydrogens (tertiary/aromatic N) is 3. The number of rotatable bonds is 45. The first-order valence-corrected chi connectivity index (χ1v) is 23.8. The summed E-state index contributed by atoms with van der Waals surface area (Å²) in [6, 6.07) is -0.512. The second kappa shape index (κ2) is 42.9. The average Bonchev–Trinajstić information content (AvgIpc) is 3.32. The quantitative estimate of drug-likeness (QED) is 0.0159. The summed E-state index contributed by atoms with van der Waals surface area (Å²) in [6.07, 6.45) is -1.29. The monoisotopic (exact) mass is 985 g/mol. The van der Waals surface area contributed by atoms with Gasteiger partial charge in [-0.1, -0.05) is 11.5 Å². The number of amides is 3. The molecule has 0 aromatic rings. The minimum Gasteiger partial charge on any atom is -0.390 e. The van der Waals surface area contributed by atoms with E-state index in [1.165, 1.54) is 0 Å². The van der Waals surface area contributed by atoms with E-state index in [2.05, 4.69) is 26.0 Å². The number of carbonyl (C=O) groups excluding carboxylic acids is 3. The van der Waals surface area contributed by atoms with E-state index in [0.717, 1.165) is 6.42 Å². The molecule has 0 aliphatic carbocycles. The molecule has 2 saturated heterocycles. The van der Waals surface area contributed by atoms with Crippen molar-refractivity contribution >= 4 is 17.7 Å². The highest BCUT2D eigenvalue weighted by atomic mass is 16.6. The van der Waals surface area contributed by atoms with Crippen LogP contribution in [0.15, 0.2) is 5.11 Å². The molecule has 2 heterocycles. The molecule has 2 aliphatic heterocycles. The minimum absolute atomic E-state index is 0.0930. The van der Waals surface area contributed by atoms with Crippen molar-refractivity contribution in [1.29, 1.82) is 0 Å². The fourth-order valence-electron chi connectivity index (χ4n) is 6.33. The molecule has 6 atom stereocenters. The van der Waals surface area contributed by atoms with Crippen molar-refractivity contribution in [2.75, 3.05) is 165 Å². The normalized spacial score (nSPS) is 20.5. The van der Waals surface area contributed by atoms with Crippen LogP contribution in [0, 0.1) is 0 Å². The molecule has 2 aliphatic rings. The first kappa shape index (κ1) is 61.2. The van der Waals surface area contributed by atoms with Gasteiger partial charge in [-0.15, -0.1) is 0 Å². The number of ether oxygens (including phenoxy) is 12. The predicted molar refractivity (Wildman–Crippen MR) is 241 cm³/mol. The highest BCUT2D eigenvalue weighted by molar-refractivity contribution is 5.76. The number of nitrogens with one attached hydrogen (secondary N) is 3. The third kappa shape index (κ3) is 33.6. The maximum Gasteiger partial charge on any atom is 0.222 e. The summed E-state index contributed by atoms with van der Waals surface area (Å²) in [5.41, 5.74) is 8.42. The first-order chi connectivity index (χ1) is 33.2. The Kier molecular flexibility index (Phi) is 38.6. The van der Waals surface area contributed by atoms with Crippen LogP contribution in [-0.2, 0) is 71.2 Å². The molecule has 68 heavy (non-hydrogen) atoms. The predicted octanol–water partition coefficient (Wildman–Crippen LogP) is -1.46. The van der Waals surface area contributed by atoms with Gasteiger partial charge < -0.3 is 93.2 Å². The Morgan fingerprint density at radius 1 is 0.529 bits per heavy atom. The number of hydrogen-bond acceptors (Lipinski definition) is 20. The Hall–Kier alpha value is -2.92. The third-order valence-corrected chi connectivity index (χ3v) is 10.2. The van der Waals surface area contributed by atoms with Crippen LogP contribution in [0.4, 0.5) is 0 Å². The molecule has 0 saturated carbocycles. The summed E-state index contributed by atoms with van der Waals surface area (Å²) in [7, 11) is 0. The van der Waals surface area contributed by atoms with E-state index in [0.29, 0.717) is 151 Å². The molecular weight excluding hydrogens is 904 g/mol. The fourth-order valence-corrected chi connectivity index (χ4v) is 6.33. The Morgan fingerprint density at radius 3 is 1.37 bits per heavy atom. The van der Waals surface area contributed by atoms with Gasteiger partial charge in [0.05, 0.1) is 150 Å². The molecule has 0 unspecified atom stereocenters. The number of aliphatic hydroxyl groups is 4. The van der Waals surface area contributed by atoms with Crippen molar-refractivity contribution in [3.05, 3.63) is 10.4 Å². The Morgan fingerprint density at radius 2 is 0.941 bits per heavy atom. The lowest BCUT2D eigenvalue weighted by molar-refractivity contribution is -0.156. The highest BCUT2D eigenvalue weighted by Gasteiger charge is 2.32. The lowest BCUT2D eigenvalue weighted by atomic mass is 10.0. The molecule has 0 radical (unpaired) electrons. The average molecular weight is 985 g/mol. The van der Waals surface area contributed by atoms with Gasteiger partial charge in [0.25, 0.3) is 0 Å². The van der Waals surface area contributed by atoms with E-state index in [-0.39, 0.29) is 76.6 Å². The van der Waals surface area contributed by atoms with E-state index >= 15 is 0 Å². The number of aliphatic hydroxyl groups excluding tert-OH is 4. The Bertz CT molecular complexity index is 1240. The van der Waals surface area contributed by atoms with Crippen LogP contribution in [0.1, 0.15) is 51.4 Å². The van der Waals surface area contributed by atoms with Crippen molar-refractivity contribution in [1.82, 2.24) is 16.0 Å². The molecule has 25 heteroatoms. The van der Waals surface area contributed by atoms with Gasteiger partial charge in [0.15, 0.2) is 0 Å². The zero-order valence-corrected chi connectivity index (χ0v) is 39.6. The van der Waals surface area contributed by atoms with Crippen molar-refractivity contribution < 1.29 is 91.7 Å². The largest absolute Gasteiger partial charge is 0.390 e. The van der Waals surface area contributed by atoms with E-state index in [1.54, 1.807) is 0 Å². The Labute approximate surface area is 399 Å². The summed E-state index contributed by atoms with van der Waals surface area (Å²) in [5, 5.41) is 51.1. The summed E-state index contributed by atoms with van der Waals surface area (Å²) < 4.78 is 65.9. The first-order valence-electron chi connectivity index (χ1n) is 23.8. The maximum atomic E-state index is 12.6. The zero-order chi connectivity index (χ0) is 49.1. The maximum absolute atomic E-state index is 12.6. The lowest BCUT2D eigenvalue weighted by Crippen LogP contribution is -2.46. The summed E-state index contributed by atoms with van der Waals surface area (Å²) >= 11 is 0. The standard InChI is InChI=1S/C43H80N6O19/c44-49-47-9-3-1-2-4-41(54)48-34(30-63-12-7-39(52)45-10-16-57-18-20-59-22-24-61-26-28-65-32-37-42(55)35(50)5-14-67-37)31-64-13-8-40(53)46-11-17-58-19-21-60-23-25-62-27-29-66-33-38-43(56)36(51)6-15-68-38/h34-38,42-43,50-51,55-56H,1-33H2,(H,45,52)(H,46,53)(H,48,54)/t35-,36-,37-,38-,42-,43-/m1/s1. The number of hydrogen-bond donors (Lipinski definition) is 7. The molecule has 7 N–H and O–H groups in total. The summed E-state index contributed by atoms with van der Waals surface area (Å²) in [4.78, 5) is 40.0. The number of azide groups is 1. The molecule has 2 fully saturated rings. The van der Waals surface area contributed by atoms with Crippen LogP contribution in [0.2, 0.25) is 0 Å². The summed E-state index contributed by atoms with van der Waals surface area (Å²) in [5.74, 6) is -0.637. The van der Waals surface area contributed by atoms with Crippen LogP contribution in [-0.4, -0.2) is 246 Å². The van der Waals surface area contributed by atoms with Crippen molar-refractivity contribution in [3.63, 3.8) is 0 Å². The fraction of sp³-hybridized carbons (Fsp3) is 0.930. The van der Waals surface area contributed by atoms with Gasteiger partial charge in [0.1, 0.15) is 24.4 Å². The van der Waals surface area contributed by atoms with Gasteiger partial charge in [0, 0.05) is 57.0 Å². The molecule has 2 rings (SSSR count). The molecule has 0 aromatic heterocycles. The van der Waals surface area contributed by atoms with Gasteiger partial charge >= 0.3 is 0 Å². The van der Waals surface area contributed by atoms with Crippen LogP contribution < -0.4 is 16.0 Å². The zero-order valence-electron chi connectivity index (χ0n) is 39.6. The molecule has 3 amide bonds. The van der Waals surface area contributed by atoms with E-state index in [4.69, 9.17) is 62.4 Å². The molecule has 0 aromatic carbocycles. The lowest BCUT2D eigenvalue weighted by Gasteiger charge is -2.31. The second-order valence-corrected chi connectivity index (χ2v) is 15.7. The van der Waals surface area contributed by atoms with Crippen LogP contribution in [0.3, 0.4) is 0 Å². The van der Waals surface area contributed by atoms with Gasteiger partial charge in [-0.05, 0) is 31.2 Å². The van der Waals surface area contributed by atoms with Gasteiger partial charge in [-0.25, -0.2) is 0 Å². The smallest absolute Gasteiger partial charge is 0.222 e. The Balaban J connectivity index is 1.44. The van der Waals surface area contributed by atoms with E-state index < -0.39 is 42.7 Å². The summed E-state index contributed by atoms with van der Waals surface area (Å²) in [6.45, 7) is 7.39. The third-order valence-electron chi connectivity index (χ3n) is 10.2. The SMILES string of the molecule is [N-]=[N+]=NCCCCCC(=O)NC(COCCC(=O)NCCOCCOCCOCCOC[C@H]1OCC[C@@H](O)[C@H]1O)COCCC(=O)NCCOCCOCCOCCOC[C@H]1OCC[C@@H](O)[C@H]1O. The van der Waals surface area contributed by atoms with Crippen molar-refractivity contribution in [2.24, 2.45) is 5.11 Å². The van der Waals surface area contributed by atoms with Crippen LogP contribution >= 0.6 is 0 Å². The van der Waals surface area contributed by atoms with Crippen molar-refractivity contribution in [3.8, 4) is 0 Å². The number of carbonyl (C=O) groups is 3. The molecule has 25 nitrogen and oxygen atoms in total. The van der Waals surface area contributed by atoms with Crippen LogP contribution in [0.5, 0.6) is 0 Å². The molecule has 0 spiro atoms. The second-order valence-electron chi connectivity index (χ2n) is 15.7. The molecular formula is C43H80N6O19. The highest BCUT2D eigenvalue weighted by Crippen LogP contribution is 2.16. The van der Waals surface area contributed by atoms with Crippen molar-refractivity contribution in [2.45, 2.75) is 94.0 Å². The topological polar surface area (TPSA) is 328 Å².